The lowest BCUT2D eigenvalue weighted by Gasteiger charge is -2.39. The zero-order valence-corrected chi connectivity index (χ0v) is 11.7. The van der Waals surface area contributed by atoms with Crippen molar-refractivity contribution >= 4 is 5.78 Å². The first-order chi connectivity index (χ1) is 8.06. The highest BCUT2D eigenvalue weighted by molar-refractivity contribution is 5.90. The van der Waals surface area contributed by atoms with E-state index in [1.54, 1.807) is 0 Å². The number of nitrogens with zero attached hydrogens (tertiary/aromatic N) is 1. The Balaban J connectivity index is 2.07. The summed E-state index contributed by atoms with van der Waals surface area (Å²) in [4.78, 5) is 15.0. The molecule has 0 spiro atoms. The van der Waals surface area contributed by atoms with Gasteiger partial charge in [0.05, 0.1) is 5.54 Å². The lowest BCUT2D eigenvalue weighted by molar-refractivity contribution is -0.135. The van der Waals surface area contributed by atoms with Crippen LogP contribution in [-0.2, 0) is 4.79 Å². The minimum atomic E-state index is -0.106. The normalized spacial score (nSPS) is 32.9. The van der Waals surface area contributed by atoms with Gasteiger partial charge in [-0.25, -0.2) is 0 Å². The first-order valence-corrected chi connectivity index (χ1v) is 7.28. The molecule has 0 saturated heterocycles. The number of carbonyl (C=O) groups excluding carboxylic acids is 1. The SMILES string of the molecule is CC1CCC(C(=O)C2(N(C)C)CCCC2)CC1. The first kappa shape index (κ1) is 13.1. The van der Waals surface area contributed by atoms with Crippen LogP contribution in [-0.4, -0.2) is 30.3 Å². The number of carbonyl (C=O) groups is 1. The Labute approximate surface area is 106 Å². The van der Waals surface area contributed by atoms with Gasteiger partial charge in [0.1, 0.15) is 0 Å². The molecule has 2 aliphatic rings. The van der Waals surface area contributed by atoms with Crippen molar-refractivity contribution in [2.75, 3.05) is 14.1 Å². The van der Waals surface area contributed by atoms with Crippen molar-refractivity contribution in [2.24, 2.45) is 11.8 Å². The summed E-state index contributed by atoms with van der Waals surface area (Å²) in [6.07, 6.45) is 9.40. The van der Waals surface area contributed by atoms with Crippen molar-refractivity contribution < 1.29 is 4.79 Å². The molecule has 0 aliphatic heterocycles. The van der Waals surface area contributed by atoms with Gasteiger partial charge in [0.25, 0.3) is 0 Å². The van der Waals surface area contributed by atoms with E-state index in [1.807, 2.05) is 0 Å². The summed E-state index contributed by atoms with van der Waals surface area (Å²) in [5.74, 6) is 1.75. The molecule has 2 aliphatic carbocycles. The second-order valence-electron chi connectivity index (χ2n) is 6.45. The van der Waals surface area contributed by atoms with Gasteiger partial charge < -0.3 is 0 Å². The molecule has 98 valence electrons. The Morgan fingerprint density at radius 2 is 1.59 bits per heavy atom. The van der Waals surface area contributed by atoms with Crippen LogP contribution in [0.2, 0.25) is 0 Å². The van der Waals surface area contributed by atoms with Crippen molar-refractivity contribution in [3.8, 4) is 0 Å². The van der Waals surface area contributed by atoms with Gasteiger partial charge in [-0.2, -0.15) is 0 Å². The van der Waals surface area contributed by atoms with E-state index in [9.17, 15) is 4.79 Å². The lowest BCUT2D eigenvalue weighted by Crippen LogP contribution is -2.51. The van der Waals surface area contributed by atoms with E-state index in [4.69, 9.17) is 0 Å². The summed E-state index contributed by atoms with van der Waals surface area (Å²) in [6, 6.07) is 0. The summed E-state index contributed by atoms with van der Waals surface area (Å²) in [6.45, 7) is 2.32. The highest BCUT2D eigenvalue weighted by atomic mass is 16.1. The maximum atomic E-state index is 12.8. The fourth-order valence-corrected chi connectivity index (χ4v) is 3.78. The third-order valence-electron chi connectivity index (χ3n) is 5.13. The summed E-state index contributed by atoms with van der Waals surface area (Å²) >= 11 is 0. The van der Waals surface area contributed by atoms with Crippen molar-refractivity contribution in [1.82, 2.24) is 4.90 Å². The van der Waals surface area contributed by atoms with E-state index in [0.29, 0.717) is 11.7 Å². The van der Waals surface area contributed by atoms with Gasteiger partial charge in [-0.3, -0.25) is 9.69 Å². The zero-order valence-electron chi connectivity index (χ0n) is 11.7. The van der Waals surface area contributed by atoms with E-state index < -0.39 is 0 Å². The molecule has 0 atom stereocenters. The number of hydrogen-bond donors (Lipinski definition) is 0. The van der Waals surface area contributed by atoms with Gasteiger partial charge in [0.15, 0.2) is 5.78 Å². The van der Waals surface area contributed by atoms with Crippen molar-refractivity contribution in [1.29, 1.82) is 0 Å². The Morgan fingerprint density at radius 3 is 2.06 bits per heavy atom. The molecule has 0 aromatic carbocycles. The van der Waals surface area contributed by atoms with E-state index in [0.717, 1.165) is 31.6 Å². The average Bonchev–Trinajstić information content (AvgIpc) is 2.79. The van der Waals surface area contributed by atoms with Gasteiger partial charge in [0, 0.05) is 5.92 Å². The van der Waals surface area contributed by atoms with Gasteiger partial charge in [0.2, 0.25) is 0 Å². The van der Waals surface area contributed by atoms with Crippen molar-refractivity contribution in [3.05, 3.63) is 0 Å². The van der Waals surface area contributed by atoms with E-state index in [2.05, 4.69) is 25.9 Å². The van der Waals surface area contributed by atoms with Gasteiger partial charge in [-0.05, 0) is 45.7 Å². The van der Waals surface area contributed by atoms with Crippen molar-refractivity contribution in [3.63, 3.8) is 0 Å². The quantitative estimate of drug-likeness (QED) is 0.751. The Kier molecular flexibility index (Phi) is 3.92. The molecular formula is C15H27NO. The molecule has 2 rings (SSSR count). The molecule has 2 nitrogen and oxygen atoms in total. The van der Waals surface area contributed by atoms with Crippen LogP contribution in [0.1, 0.15) is 58.3 Å². The van der Waals surface area contributed by atoms with E-state index >= 15 is 0 Å². The molecule has 0 amide bonds. The van der Waals surface area contributed by atoms with Crippen LogP contribution in [0.3, 0.4) is 0 Å². The standard InChI is InChI=1S/C15H27NO/c1-12-6-8-13(9-7-12)14(17)15(16(2)3)10-4-5-11-15/h12-13H,4-11H2,1-3H3. The van der Waals surface area contributed by atoms with Crippen LogP contribution in [0.5, 0.6) is 0 Å². The molecule has 0 bridgehead atoms. The molecule has 2 fully saturated rings. The number of Topliss-reactive ketones (excluding diaryl/α,β-unsaturated/α-hetero) is 1. The summed E-state index contributed by atoms with van der Waals surface area (Å²) < 4.78 is 0. The number of hydrogen-bond acceptors (Lipinski definition) is 2. The summed E-state index contributed by atoms with van der Waals surface area (Å²) in [5.41, 5.74) is -0.106. The Morgan fingerprint density at radius 1 is 1.06 bits per heavy atom. The third kappa shape index (κ3) is 2.42. The van der Waals surface area contributed by atoms with Gasteiger partial charge in [-0.1, -0.05) is 32.6 Å². The average molecular weight is 237 g/mol. The van der Waals surface area contributed by atoms with Crippen LogP contribution >= 0.6 is 0 Å². The topological polar surface area (TPSA) is 20.3 Å². The number of ketones is 1. The van der Waals surface area contributed by atoms with E-state index in [-0.39, 0.29) is 5.54 Å². The maximum absolute atomic E-state index is 12.8. The third-order valence-corrected chi connectivity index (χ3v) is 5.13. The molecule has 0 radical (unpaired) electrons. The minimum absolute atomic E-state index is 0.106. The molecular weight excluding hydrogens is 210 g/mol. The lowest BCUT2D eigenvalue weighted by atomic mass is 9.74. The molecule has 0 unspecified atom stereocenters. The molecule has 0 aromatic heterocycles. The number of rotatable bonds is 3. The molecule has 2 saturated carbocycles. The van der Waals surface area contributed by atoms with Crippen LogP contribution < -0.4 is 0 Å². The molecule has 17 heavy (non-hydrogen) atoms. The molecule has 0 heterocycles. The van der Waals surface area contributed by atoms with Crippen molar-refractivity contribution in [2.45, 2.75) is 63.8 Å². The fraction of sp³-hybridized carbons (Fsp3) is 0.933. The predicted molar refractivity (Wildman–Crippen MR) is 71.0 cm³/mol. The molecule has 0 aromatic rings. The van der Waals surface area contributed by atoms with Crippen LogP contribution in [0.15, 0.2) is 0 Å². The smallest absolute Gasteiger partial charge is 0.156 e. The van der Waals surface area contributed by atoms with Crippen LogP contribution in [0.25, 0.3) is 0 Å². The Hall–Kier alpha value is -0.370. The first-order valence-electron chi connectivity index (χ1n) is 7.28. The second kappa shape index (κ2) is 5.09. The highest BCUT2D eigenvalue weighted by Crippen LogP contribution is 2.40. The van der Waals surface area contributed by atoms with Gasteiger partial charge >= 0.3 is 0 Å². The summed E-state index contributed by atoms with van der Waals surface area (Å²) in [5, 5.41) is 0. The summed E-state index contributed by atoms with van der Waals surface area (Å²) in [7, 11) is 4.18. The monoisotopic (exact) mass is 237 g/mol. The zero-order chi connectivity index (χ0) is 12.5. The van der Waals surface area contributed by atoms with Gasteiger partial charge in [-0.15, -0.1) is 0 Å². The highest BCUT2D eigenvalue weighted by Gasteiger charge is 2.45. The fourth-order valence-electron chi connectivity index (χ4n) is 3.78. The molecule has 2 heteroatoms. The second-order valence-corrected chi connectivity index (χ2v) is 6.45. The number of likely N-dealkylation sites (N-methyl/N-ethyl adjacent to an activating group) is 1. The molecule has 0 N–H and O–H groups in total. The Bertz CT molecular complexity index is 271. The predicted octanol–water partition coefficient (Wildman–Crippen LogP) is 3.26. The van der Waals surface area contributed by atoms with Crippen LogP contribution in [0, 0.1) is 11.8 Å². The van der Waals surface area contributed by atoms with E-state index in [1.165, 1.54) is 25.7 Å². The minimum Gasteiger partial charge on any atom is -0.297 e. The largest absolute Gasteiger partial charge is 0.297 e. The maximum Gasteiger partial charge on any atom is 0.156 e. The van der Waals surface area contributed by atoms with Crippen LogP contribution in [0.4, 0.5) is 0 Å².